The van der Waals surface area contributed by atoms with Crippen molar-refractivity contribution in [1.82, 2.24) is 15.8 Å². The molecule has 24 heavy (non-hydrogen) atoms. The van der Waals surface area contributed by atoms with Crippen LogP contribution in [-0.2, 0) is 11.2 Å². The summed E-state index contributed by atoms with van der Waals surface area (Å²) in [6.07, 6.45) is 1.95. The van der Waals surface area contributed by atoms with Crippen molar-refractivity contribution in [2.75, 3.05) is 5.32 Å². The number of hydrogen-bond acceptors (Lipinski definition) is 2. The first-order chi connectivity index (χ1) is 11.6. The van der Waals surface area contributed by atoms with Crippen LogP contribution in [0.4, 0.5) is 10.5 Å². The molecule has 0 fully saturated rings. The molecule has 4 N–H and O–H groups in total. The van der Waals surface area contributed by atoms with Gasteiger partial charge in [-0.1, -0.05) is 29.8 Å². The molecule has 122 valence electrons. The largest absolute Gasteiger partial charge is 0.361 e. The number of H-pyrrole nitrogens is 1. The van der Waals surface area contributed by atoms with Crippen molar-refractivity contribution < 1.29 is 9.59 Å². The second kappa shape index (κ2) is 7.06. The molecule has 0 aliphatic heterocycles. The van der Waals surface area contributed by atoms with Crippen molar-refractivity contribution in [3.63, 3.8) is 0 Å². The Morgan fingerprint density at radius 1 is 1.00 bits per heavy atom. The van der Waals surface area contributed by atoms with Gasteiger partial charge in [0.15, 0.2) is 0 Å². The predicted octanol–water partition coefficient (Wildman–Crippen LogP) is 3.22. The number of amides is 3. The third-order valence-electron chi connectivity index (χ3n) is 3.44. The molecule has 0 atom stereocenters. The molecule has 1 heterocycles. The molecule has 1 aromatic heterocycles. The van der Waals surface area contributed by atoms with Gasteiger partial charge >= 0.3 is 6.03 Å². The number of carbonyl (C=O) groups excluding carboxylic acids is 2. The fraction of sp³-hybridized carbons (Fsp3) is 0.0588. The fourth-order valence-corrected chi connectivity index (χ4v) is 2.44. The van der Waals surface area contributed by atoms with Gasteiger partial charge in [0.25, 0.3) is 0 Å². The zero-order valence-corrected chi connectivity index (χ0v) is 13.4. The van der Waals surface area contributed by atoms with E-state index in [0.29, 0.717) is 10.7 Å². The molecule has 0 radical (unpaired) electrons. The van der Waals surface area contributed by atoms with Crippen LogP contribution in [0.15, 0.2) is 54.7 Å². The molecular formula is C17H15ClN4O2. The topological polar surface area (TPSA) is 86.0 Å². The van der Waals surface area contributed by atoms with E-state index in [1.807, 2.05) is 24.3 Å². The predicted molar refractivity (Wildman–Crippen MR) is 93.8 cm³/mol. The van der Waals surface area contributed by atoms with Gasteiger partial charge in [0, 0.05) is 27.8 Å². The molecule has 0 saturated carbocycles. The summed E-state index contributed by atoms with van der Waals surface area (Å²) in [7, 11) is 0. The summed E-state index contributed by atoms with van der Waals surface area (Å²) < 4.78 is 0. The Hall–Kier alpha value is -2.99. The van der Waals surface area contributed by atoms with Crippen LogP contribution in [0.5, 0.6) is 0 Å². The van der Waals surface area contributed by atoms with Crippen molar-refractivity contribution >= 4 is 40.1 Å². The number of halogens is 1. The zero-order valence-electron chi connectivity index (χ0n) is 12.6. The van der Waals surface area contributed by atoms with Gasteiger partial charge in [-0.3, -0.25) is 10.2 Å². The summed E-state index contributed by atoms with van der Waals surface area (Å²) in [5.41, 5.74) is 7.09. The number of fused-ring (bicyclic) bond motifs is 1. The molecule has 3 rings (SSSR count). The Morgan fingerprint density at radius 3 is 2.54 bits per heavy atom. The first kappa shape index (κ1) is 15.9. The van der Waals surface area contributed by atoms with Gasteiger partial charge in [-0.25, -0.2) is 10.2 Å². The number of hydrazine groups is 1. The number of urea groups is 1. The van der Waals surface area contributed by atoms with Gasteiger partial charge in [0.2, 0.25) is 5.91 Å². The minimum Gasteiger partial charge on any atom is -0.361 e. The summed E-state index contributed by atoms with van der Waals surface area (Å²) in [6.45, 7) is 0. The molecule has 0 bridgehead atoms. The van der Waals surface area contributed by atoms with Crippen LogP contribution in [-0.4, -0.2) is 16.9 Å². The van der Waals surface area contributed by atoms with Crippen LogP contribution in [0.2, 0.25) is 5.02 Å². The van der Waals surface area contributed by atoms with Crippen molar-refractivity contribution in [2.45, 2.75) is 6.42 Å². The molecule has 3 amide bonds. The Bertz CT molecular complexity index is 874. The molecule has 0 spiro atoms. The van der Waals surface area contributed by atoms with Gasteiger partial charge in [0.1, 0.15) is 0 Å². The first-order valence-electron chi connectivity index (χ1n) is 7.28. The highest BCUT2D eigenvalue weighted by Gasteiger charge is 2.09. The smallest absolute Gasteiger partial charge is 0.337 e. The minimum absolute atomic E-state index is 0.158. The van der Waals surface area contributed by atoms with Crippen LogP contribution in [0.25, 0.3) is 10.9 Å². The maximum atomic E-state index is 12.0. The second-order valence-corrected chi connectivity index (χ2v) is 5.61. The molecular weight excluding hydrogens is 328 g/mol. The van der Waals surface area contributed by atoms with Gasteiger partial charge in [-0.15, -0.1) is 0 Å². The van der Waals surface area contributed by atoms with E-state index < -0.39 is 6.03 Å². The maximum absolute atomic E-state index is 12.0. The zero-order chi connectivity index (χ0) is 16.9. The standard InChI is InChI=1S/C17H15ClN4O2/c18-12-5-7-13(8-6-12)20-17(24)22-21-16(23)9-11-10-19-15-4-2-1-3-14(11)15/h1-8,10,19H,9H2,(H,21,23)(H2,20,22,24). The third kappa shape index (κ3) is 3.85. The highest BCUT2D eigenvalue weighted by molar-refractivity contribution is 6.30. The van der Waals surface area contributed by atoms with Crippen LogP contribution in [0, 0.1) is 0 Å². The number of rotatable bonds is 3. The number of aromatic nitrogens is 1. The van der Waals surface area contributed by atoms with E-state index in [0.717, 1.165) is 16.5 Å². The first-order valence-corrected chi connectivity index (χ1v) is 7.66. The van der Waals surface area contributed by atoms with E-state index in [4.69, 9.17) is 11.6 Å². The molecule has 0 aliphatic carbocycles. The van der Waals surface area contributed by atoms with E-state index >= 15 is 0 Å². The van der Waals surface area contributed by atoms with Crippen LogP contribution in [0.1, 0.15) is 5.56 Å². The van der Waals surface area contributed by atoms with E-state index in [-0.39, 0.29) is 12.3 Å². The van der Waals surface area contributed by atoms with Crippen molar-refractivity contribution in [3.8, 4) is 0 Å². The van der Waals surface area contributed by atoms with Gasteiger partial charge < -0.3 is 10.3 Å². The normalized spacial score (nSPS) is 10.4. The lowest BCUT2D eigenvalue weighted by molar-refractivity contribution is -0.121. The lowest BCUT2D eigenvalue weighted by Crippen LogP contribution is -2.44. The van der Waals surface area contributed by atoms with Gasteiger partial charge in [0.05, 0.1) is 6.42 Å². The molecule has 0 unspecified atom stereocenters. The molecule has 6 nitrogen and oxygen atoms in total. The van der Waals surface area contributed by atoms with Crippen molar-refractivity contribution in [2.24, 2.45) is 0 Å². The Kier molecular flexibility index (Phi) is 4.67. The molecule has 0 aliphatic rings. The summed E-state index contributed by atoms with van der Waals surface area (Å²) in [5.74, 6) is -0.314. The molecule has 7 heteroatoms. The second-order valence-electron chi connectivity index (χ2n) is 5.17. The summed E-state index contributed by atoms with van der Waals surface area (Å²) in [4.78, 5) is 26.8. The van der Waals surface area contributed by atoms with Gasteiger partial charge in [-0.2, -0.15) is 0 Å². The highest BCUT2D eigenvalue weighted by Crippen LogP contribution is 2.17. The maximum Gasteiger partial charge on any atom is 0.337 e. The highest BCUT2D eigenvalue weighted by atomic mass is 35.5. The molecule has 2 aromatic carbocycles. The Morgan fingerprint density at radius 2 is 1.75 bits per heavy atom. The van der Waals surface area contributed by atoms with E-state index in [2.05, 4.69) is 21.2 Å². The quantitative estimate of drug-likeness (QED) is 0.551. The van der Waals surface area contributed by atoms with E-state index in [9.17, 15) is 9.59 Å². The van der Waals surface area contributed by atoms with E-state index in [1.54, 1.807) is 30.5 Å². The summed E-state index contributed by atoms with van der Waals surface area (Å²) in [6, 6.07) is 13.8. The average molecular weight is 343 g/mol. The number of aromatic amines is 1. The van der Waals surface area contributed by atoms with Crippen LogP contribution < -0.4 is 16.2 Å². The number of nitrogens with one attached hydrogen (secondary N) is 4. The van der Waals surface area contributed by atoms with Crippen molar-refractivity contribution in [1.29, 1.82) is 0 Å². The monoisotopic (exact) mass is 342 g/mol. The summed E-state index contributed by atoms with van der Waals surface area (Å²) >= 11 is 5.77. The SMILES string of the molecule is O=C(Cc1c[nH]c2ccccc12)NNC(=O)Nc1ccc(Cl)cc1. The van der Waals surface area contributed by atoms with Crippen LogP contribution >= 0.6 is 11.6 Å². The van der Waals surface area contributed by atoms with Crippen molar-refractivity contribution in [3.05, 3.63) is 65.3 Å². The Labute approximate surface area is 143 Å². The molecule has 0 saturated heterocycles. The fourth-order valence-electron chi connectivity index (χ4n) is 2.32. The Balaban J connectivity index is 1.52. The lowest BCUT2D eigenvalue weighted by Gasteiger charge is -2.09. The third-order valence-corrected chi connectivity index (χ3v) is 3.70. The number of hydrogen-bond donors (Lipinski definition) is 4. The number of anilines is 1. The van der Waals surface area contributed by atoms with Crippen LogP contribution in [0.3, 0.4) is 0 Å². The molecule has 3 aromatic rings. The summed E-state index contributed by atoms with van der Waals surface area (Å²) in [5, 5.41) is 4.14. The number of benzene rings is 2. The van der Waals surface area contributed by atoms with E-state index in [1.165, 1.54) is 0 Å². The minimum atomic E-state index is -0.537. The lowest BCUT2D eigenvalue weighted by atomic mass is 10.1. The number of para-hydroxylation sites is 1. The van der Waals surface area contributed by atoms with Gasteiger partial charge in [-0.05, 0) is 35.9 Å². The average Bonchev–Trinajstić information content (AvgIpc) is 2.98. The number of carbonyl (C=O) groups is 2.